The predicted octanol–water partition coefficient (Wildman–Crippen LogP) is 5.41. The fourth-order valence-corrected chi connectivity index (χ4v) is 4.86. The van der Waals surface area contributed by atoms with Crippen molar-refractivity contribution in [3.05, 3.63) is 59.7 Å². The lowest BCUT2D eigenvalue weighted by molar-refractivity contribution is 0.366. The Bertz CT molecular complexity index is 640. The number of hydrogen-bond acceptors (Lipinski definition) is 4. The Labute approximate surface area is 154 Å². The molecule has 2 aromatic carbocycles. The molecule has 128 valence electrons. The molecule has 0 bridgehead atoms. The molecule has 4 heteroatoms. The highest BCUT2D eigenvalue weighted by atomic mass is 32.2. The maximum Gasteiger partial charge on any atom is 0.0314 e. The molecule has 1 saturated heterocycles. The normalized spacial score (nSPS) is 20.0. The van der Waals surface area contributed by atoms with Gasteiger partial charge >= 0.3 is 0 Å². The second-order valence-electron chi connectivity index (χ2n) is 6.54. The molecule has 1 aliphatic rings. The van der Waals surface area contributed by atoms with Crippen LogP contribution in [0, 0.1) is 13.8 Å². The highest BCUT2D eigenvalue weighted by molar-refractivity contribution is 7.97. The number of aryl methyl sites for hydroxylation is 2. The maximum absolute atomic E-state index is 2.54. The molecule has 2 aromatic rings. The first-order valence-corrected chi connectivity index (χ1v) is 10.2. The van der Waals surface area contributed by atoms with Gasteiger partial charge in [0.1, 0.15) is 0 Å². The minimum absolute atomic E-state index is 0.539. The second kappa shape index (κ2) is 8.43. The van der Waals surface area contributed by atoms with E-state index in [0.717, 1.165) is 19.6 Å². The molecule has 1 atom stereocenters. The van der Waals surface area contributed by atoms with E-state index in [0.29, 0.717) is 6.04 Å². The molecule has 0 radical (unpaired) electrons. The van der Waals surface area contributed by atoms with Gasteiger partial charge in [-0.15, -0.1) is 0 Å². The molecule has 24 heavy (non-hydrogen) atoms. The first-order valence-electron chi connectivity index (χ1n) is 8.61. The van der Waals surface area contributed by atoms with Crippen LogP contribution in [0.5, 0.6) is 0 Å². The van der Waals surface area contributed by atoms with Gasteiger partial charge in [-0.25, -0.2) is 8.61 Å². The van der Waals surface area contributed by atoms with Gasteiger partial charge in [0.25, 0.3) is 0 Å². The summed E-state index contributed by atoms with van der Waals surface area (Å²) in [6.07, 6.45) is 1.21. The van der Waals surface area contributed by atoms with Crippen LogP contribution in [0.4, 0.5) is 0 Å². The van der Waals surface area contributed by atoms with Crippen molar-refractivity contribution in [1.82, 2.24) is 8.61 Å². The van der Waals surface area contributed by atoms with Gasteiger partial charge < -0.3 is 0 Å². The molecule has 0 spiro atoms. The Morgan fingerprint density at radius 1 is 0.792 bits per heavy atom. The monoisotopic (exact) mass is 358 g/mol. The average Bonchev–Trinajstić information content (AvgIpc) is 2.73. The Morgan fingerprint density at radius 3 is 1.92 bits per heavy atom. The lowest BCUT2D eigenvalue weighted by Gasteiger charge is -2.27. The Hall–Kier alpha value is -0.940. The largest absolute Gasteiger partial charge is 0.245 e. The van der Waals surface area contributed by atoms with Crippen LogP contribution < -0.4 is 0 Å². The van der Waals surface area contributed by atoms with Crippen LogP contribution in [0.3, 0.4) is 0 Å². The van der Waals surface area contributed by atoms with Crippen molar-refractivity contribution in [1.29, 1.82) is 0 Å². The van der Waals surface area contributed by atoms with Crippen molar-refractivity contribution in [2.75, 3.05) is 19.6 Å². The average molecular weight is 359 g/mol. The smallest absolute Gasteiger partial charge is 0.0314 e. The van der Waals surface area contributed by atoms with E-state index >= 15 is 0 Å². The Kier molecular flexibility index (Phi) is 6.28. The van der Waals surface area contributed by atoms with Crippen LogP contribution in [0.1, 0.15) is 24.5 Å². The molecule has 0 saturated carbocycles. The summed E-state index contributed by atoms with van der Waals surface area (Å²) in [7, 11) is 0. The van der Waals surface area contributed by atoms with Crippen molar-refractivity contribution in [3.63, 3.8) is 0 Å². The molecule has 0 amide bonds. The Balaban J connectivity index is 1.59. The lowest BCUT2D eigenvalue weighted by Crippen LogP contribution is -2.32. The van der Waals surface area contributed by atoms with Gasteiger partial charge in [0.15, 0.2) is 0 Å². The molecule has 1 aliphatic heterocycles. The van der Waals surface area contributed by atoms with Crippen molar-refractivity contribution in [2.45, 2.75) is 43.0 Å². The molecule has 2 nitrogen and oxygen atoms in total. The quantitative estimate of drug-likeness (QED) is 0.674. The van der Waals surface area contributed by atoms with Crippen LogP contribution in [0.15, 0.2) is 58.3 Å². The van der Waals surface area contributed by atoms with E-state index < -0.39 is 0 Å². The van der Waals surface area contributed by atoms with Crippen LogP contribution in [-0.2, 0) is 0 Å². The molecule has 0 aliphatic carbocycles. The fraction of sp³-hybridized carbons (Fsp3) is 0.400. The number of rotatable bonds is 4. The maximum atomic E-state index is 2.54. The summed E-state index contributed by atoms with van der Waals surface area (Å²) >= 11 is 3.80. The summed E-state index contributed by atoms with van der Waals surface area (Å²) in [6.45, 7) is 10.0. The van der Waals surface area contributed by atoms with E-state index in [1.807, 2.05) is 23.9 Å². The van der Waals surface area contributed by atoms with Gasteiger partial charge in [-0.3, -0.25) is 0 Å². The third-order valence-electron chi connectivity index (χ3n) is 4.24. The van der Waals surface area contributed by atoms with Crippen molar-refractivity contribution >= 4 is 23.9 Å². The van der Waals surface area contributed by atoms with Crippen molar-refractivity contribution in [2.24, 2.45) is 0 Å². The predicted molar refractivity (Wildman–Crippen MR) is 106 cm³/mol. The zero-order valence-corrected chi connectivity index (χ0v) is 16.4. The van der Waals surface area contributed by atoms with E-state index in [4.69, 9.17) is 0 Å². The van der Waals surface area contributed by atoms with Crippen molar-refractivity contribution < 1.29 is 0 Å². The van der Waals surface area contributed by atoms with Gasteiger partial charge in [-0.05, 0) is 75.4 Å². The number of nitrogens with zero attached hydrogens (tertiary/aromatic N) is 2. The fourth-order valence-electron chi connectivity index (χ4n) is 2.80. The third-order valence-corrected chi connectivity index (χ3v) is 6.58. The summed E-state index contributed by atoms with van der Waals surface area (Å²) in [6, 6.07) is 18.3. The molecular formula is C20H26N2S2. The summed E-state index contributed by atoms with van der Waals surface area (Å²) in [5.74, 6) is 0. The van der Waals surface area contributed by atoms with Gasteiger partial charge in [-0.2, -0.15) is 0 Å². The van der Waals surface area contributed by atoms with Crippen LogP contribution in [0.2, 0.25) is 0 Å². The van der Waals surface area contributed by atoms with E-state index in [1.54, 1.807) is 0 Å². The van der Waals surface area contributed by atoms with E-state index in [-0.39, 0.29) is 0 Å². The summed E-state index contributed by atoms with van der Waals surface area (Å²) in [5.41, 5.74) is 2.65. The SMILES string of the molecule is Cc1ccc(SN2CCCN(Sc3ccc(C)cc3)[C@@H](C)C2)cc1. The van der Waals surface area contributed by atoms with E-state index in [1.165, 1.54) is 27.3 Å². The first-order chi connectivity index (χ1) is 11.6. The molecule has 3 rings (SSSR count). The molecule has 0 N–H and O–H groups in total. The standard InChI is InChI=1S/C20H26N2S2/c1-16-5-9-19(10-6-16)23-21-13-4-14-22(18(3)15-21)24-20-11-7-17(2)8-12-20/h5-12,18H,4,13-15H2,1-3H3/t18-/m0/s1. The van der Waals surface area contributed by atoms with Gasteiger partial charge in [-0.1, -0.05) is 35.4 Å². The molecular weight excluding hydrogens is 332 g/mol. The van der Waals surface area contributed by atoms with Gasteiger partial charge in [0.2, 0.25) is 0 Å². The zero-order chi connectivity index (χ0) is 16.9. The van der Waals surface area contributed by atoms with E-state index in [2.05, 4.69) is 77.9 Å². The van der Waals surface area contributed by atoms with Gasteiger partial charge in [0.05, 0.1) is 0 Å². The number of benzene rings is 2. The highest BCUT2D eigenvalue weighted by Crippen LogP contribution is 2.30. The molecule has 0 aromatic heterocycles. The highest BCUT2D eigenvalue weighted by Gasteiger charge is 2.23. The first kappa shape index (κ1) is 17.9. The summed E-state index contributed by atoms with van der Waals surface area (Å²) in [5, 5.41) is 0. The second-order valence-corrected chi connectivity index (χ2v) is 8.83. The molecule has 0 unspecified atom stereocenters. The summed E-state index contributed by atoms with van der Waals surface area (Å²) < 4.78 is 5.06. The zero-order valence-electron chi connectivity index (χ0n) is 14.7. The number of hydrogen-bond donors (Lipinski definition) is 0. The van der Waals surface area contributed by atoms with Crippen LogP contribution >= 0.6 is 23.9 Å². The topological polar surface area (TPSA) is 6.48 Å². The molecule has 1 heterocycles. The third kappa shape index (κ3) is 5.03. The summed E-state index contributed by atoms with van der Waals surface area (Å²) in [4.78, 5) is 2.68. The van der Waals surface area contributed by atoms with E-state index in [9.17, 15) is 0 Å². The minimum Gasteiger partial charge on any atom is -0.245 e. The van der Waals surface area contributed by atoms with Crippen LogP contribution in [-0.4, -0.2) is 34.3 Å². The minimum atomic E-state index is 0.539. The Morgan fingerprint density at radius 2 is 1.33 bits per heavy atom. The van der Waals surface area contributed by atoms with Crippen molar-refractivity contribution in [3.8, 4) is 0 Å². The van der Waals surface area contributed by atoms with Crippen LogP contribution in [0.25, 0.3) is 0 Å². The lowest BCUT2D eigenvalue weighted by atomic mass is 10.2. The van der Waals surface area contributed by atoms with Gasteiger partial charge in [0, 0.05) is 35.5 Å². The molecule has 1 fully saturated rings.